The standard InChI is InChI=1S/C10H20.2ClH.Ru/c1-6-7(2)9(4)10(5)8(6)3;;;/h6-10H,1-5H3;2*1H;/q;;;+2/p-2. The third kappa shape index (κ3) is 3.69. The molecular weight excluding hydrogens is 292 g/mol. The Morgan fingerprint density at radius 2 is 0.538 bits per heavy atom. The van der Waals surface area contributed by atoms with Crippen LogP contribution in [0.1, 0.15) is 34.6 Å². The van der Waals surface area contributed by atoms with E-state index in [1.165, 1.54) is 0 Å². The molecule has 0 bridgehead atoms. The SMILES string of the molecule is CC1C(C)C(C)C(C)C1C.[Cl-].[Cl-].[Ru+2]. The van der Waals surface area contributed by atoms with Gasteiger partial charge in [-0.3, -0.25) is 0 Å². The first-order chi connectivity index (χ1) is 4.55. The fourth-order valence-electron chi connectivity index (χ4n) is 2.39. The molecule has 0 heterocycles. The second-order valence-corrected chi connectivity index (χ2v) is 4.30. The summed E-state index contributed by atoms with van der Waals surface area (Å²) in [6.45, 7) is 12.0. The van der Waals surface area contributed by atoms with E-state index in [-0.39, 0.29) is 44.3 Å². The van der Waals surface area contributed by atoms with Crippen molar-refractivity contribution in [1.82, 2.24) is 0 Å². The van der Waals surface area contributed by atoms with Crippen molar-refractivity contribution < 1.29 is 44.3 Å². The monoisotopic (exact) mass is 312 g/mol. The van der Waals surface area contributed by atoms with Gasteiger partial charge in [-0.25, -0.2) is 0 Å². The molecular formula is C10H20Cl2Ru. The van der Waals surface area contributed by atoms with Crippen molar-refractivity contribution in [3.05, 3.63) is 0 Å². The van der Waals surface area contributed by atoms with E-state index >= 15 is 0 Å². The second kappa shape index (κ2) is 7.49. The summed E-state index contributed by atoms with van der Waals surface area (Å²) in [5.74, 6) is 4.68. The quantitative estimate of drug-likeness (QED) is 0.424. The summed E-state index contributed by atoms with van der Waals surface area (Å²) < 4.78 is 0. The molecule has 0 aromatic carbocycles. The van der Waals surface area contributed by atoms with Gasteiger partial charge in [0.15, 0.2) is 0 Å². The molecule has 1 fully saturated rings. The molecule has 1 rings (SSSR count). The first kappa shape index (κ1) is 19.7. The van der Waals surface area contributed by atoms with Gasteiger partial charge in [-0.15, -0.1) is 0 Å². The van der Waals surface area contributed by atoms with Gasteiger partial charge in [0, 0.05) is 0 Å². The van der Waals surface area contributed by atoms with Gasteiger partial charge >= 0.3 is 19.5 Å². The van der Waals surface area contributed by atoms with E-state index in [9.17, 15) is 0 Å². The van der Waals surface area contributed by atoms with Gasteiger partial charge < -0.3 is 24.8 Å². The zero-order valence-corrected chi connectivity index (χ0v) is 12.2. The van der Waals surface area contributed by atoms with Gasteiger partial charge in [0.1, 0.15) is 0 Å². The maximum absolute atomic E-state index is 2.40. The van der Waals surface area contributed by atoms with Gasteiger partial charge in [-0.2, -0.15) is 0 Å². The van der Waals surface area contributed by atoms with Crippen LogP contribution >= 0.6 is 0 Å². The minimum Gasteiger partial charge on any atom is -1.00 e. The Labute approximate surface area is 108 Å². The van der Waals surface area contributed by atoms with Crippen molar-refractivity contribution in [2.45, 2.75) is 34.6 Å². The Balaban J connectivity index is -0.000000333. The van der Waals surface area contributed by atoms with E-state index in [4.69, 9.17) is 0 Å². The van der Waals surface area contributed by atoms with Crippen LogP contribution in [0.4, 0.5) is 0 Å². The molecule has 1 saturated carbocycles. The van der Waals surface area contributed by atoms with Crippen LogP contribution in [0.3, 0.4) is 0 Å². The Bertz CT molecular complexity index is 85.3. The third-order valence-corrected chi connectivity index (χ3v) is 4.15. The van der Waals surface area contributed by atoms with Crippen LogP contribution in [0.2, 0.25) is 0 Å². The molecule has 13 heavy (non-hydrogen) atoms. The first-order valence-corrected chi connectivity index (χ1v) is 4.55. The van der Waals surface area contributed by atoms with E-state index in [1.807, 2.05) is 0 Å². The molecule has 1 aliphatic carbocycles. The number of hydrogen-bond donors (Lipinski definition) is 0. The molecule has 0 nitrogen and oxygen atoms in total. The average molecular weight is 312 g/mol. The maximum Gasteiger partial charge on any atom is 2.00 e. The van der Waals surface area contributed by atoms with Crippen LogP contribution in [0.15, 0.2) is 0 Å². The van der Waals surface area contributed by atoms with Crippen molar-refractivity contribution >= 4 is 0 Å². The molecule has 0 N–H and O–H groups in total. The first-order valence-electron chi connectivity index (χ1n) is 4.55. The van der Waals surface area contributed by atoms with Gasteiger partial charge in [-0.05, 0) is 29.6 Å². The Hall–Kier alpha value is 1.20. The average Bonchev–Trinajstić information content (AvgIpc) is 2.07. The van der Waals surface area contributed by atoms with Crippen LogP contribution in [-0.2, 0) is 19.5 Å². The summed E-state index contributed by atoms with van der Waals surface area (Å²) in [7, 11) is 0. The summed E-state index contributed by atoms with van der Waals surface area (Å²) in [6, 6.07) is 0. The van der Waals surface area contributed by atoms with Gasteiger partial charge in [0.05, 0.1) is 0 Å². The Morgan fingerprint density at radius 1 is 0.462 bits per heavy atom. The fraction of sp³-hybridized carbons (Fsp3) is 1.00. The molecule has 0 saturated heterocycles. The molecule has 82 valence electrons. The van der Waals surface area contributed by atoms with Crippen LogP contribution < -0.4 is 24.8 Å². The predicted octanol–water partition coefficient (Wildman–Crippen LogP) is -2.81. The van der Waals surface area contributed by atoms with Crippen LogP contribution in [0.5, 0.6) is 0 Å². The number of hydrogen-bond acceptors (Lipinski definition) is 0. The van der Waals surface area contributed by atoms with Crippen molar-refractivity contribution in [3.63, 3.8) is 0 Å². The molecule has 0 unspecified atom stereocenters. The second-order valence-electron chi connectivity index (χ2n) is 4.30. The fourth-order valence-corrected chi connectivity index (χ4v) is 2.39. The van der Waals surface area contributed by atoms with Crippen molar-refractivity contribution in [3.8, 4) is 0 Å². The van der Waals surface area contributed by atoms with E-state index < -0.39 is 0 Å². The number of rotatable bonds is 0. The summed E-state index contributed by atoms with van der Waals surface area (Å²) in [4.78, 5) is 0. The molecule has 0 amide bonds. The summed E-state index contributed by atoms with van der Waals surface area (Å²) in [6.07, 6.45) is 0. The molecule has 0 radical (unpaired) electrons. The Morgan fingerprint density at radius 3 is 0.615 bits per heavy atom. The Kier molecular flexibility index (Phi) is 11.4. The van der Waals surface area contributed by atoms with E-state index in [0.717, 1.165) is 29.6 Å². The molecule has 0 atom stereocenters. The van der Waals surface area contributed by atoms with Gasteiger partial charge in [-0.1, -0.05) is 34.6 Å². The zero-order valence-electron chi connectivity index (χ0n) is 9.00. The minimum atomic E-state index is 0. The third-order valence-electron chi connectivity index (χ3n) is 4.15. The van der Waals surface area contributed by atoms with Crippen LogP contribution in [0.25, 0.3) is 0 Å². The van der Waals surface area contributed by atoms with Gasteiger partial charge in [0.25, 0.3) is 0 Å². The summed E-state index contributed by atoms with van der Waals surface area (Å²) in [5.41, 5.74) is 0. The van der Waals surface area contributed by atoms with Crippen molar-refractivity contribution in [2.24, 2.45) is 29.6 Å². The maximum atomic E-state index is 2.40. The normalized spacial score (nSPS) is 42.7. The van der Waals surface area contributed by atoms with Crippen LogP contribution in [-0.4, -0.2) is 0 Å². The molecule has 0 aliphatic heterocycles. The van der Waals surface area contributed by atoms with Gasteiger partial charge in [0.2, 0.25) is 0 Å². The van der Waals surface area contributed by atoms with Crippen molar-refractivity contribution in [1.29, 1.82) is 0 Å². The molecule has 0 aromatic rings. The van der Waals surface area contributed by atoms with E-state index in [0.29, 0.717) is 0 Å². The zero-order chi connectivity index (χ0) is 7.89. The topological polar surface area (TPSA) is 0 Å². The molecule has 3 heteroatoms. The van der Waals surface area contributed by atoms with Crippen molar-refractivity contribution in [2.75, 3.05) is 0 Å². The minimum absolute atomic E-state index is 0. The smallest absolute Gasteiger partial charge is 1.00 e. The molecule has 1 aliphatic rings. The van der Waals surface area contributed by atoms with E-state index in [1.54, 1.807) is 0 Å². The number of halogens is 2. The molecule has 0 aromatic heterocycles. The predicted molar refractivity (Wildman–Crippen MR) is 45.8 cm³/mol. The van der Waals surface area contributed by atoms with E-state index in [2.05, 4.69) is 34.6 Å². The summed E-state index contributed by atoms with van der Waals surface area (Å²) >= 11 is 0. The summed E-state index contributed by atoms with van der Waals surface area (Å²) in [5, 5.41) is 0. The largest absolute Gasteiger partial charge is 2.00 e. The molecule has 0 spiro atoms. The van der Waals surface area contributed by atoms with Crippen LogP contribution in [0, 0.1) is 29.6 Å².